The summed E-state index contributed by atoms with van der Waals surface area (Å²) in [5.74, 6) is -0.0419. The average Bonchev–Trinajstić information content (AvgIpc) is 3.15. The molecule has 148 valence electrons. The lowest BCUT2D eigenvalue weighted by Gasteiger charge is -2.33. The van der Waals surface area contributed by atoms with Gasteiger partial charge in [0, 0.05) is 31.4 Å². The number of hydrogen-bond donors (Lipinski definition) is 2. The molecule has 27 heavy (non-hydrogen) atoms. The number of halogens is 1. The van der Waals surface area contributed by atoms with Gasteiger partial charge in [-0.2, -0.15) is 0 Å². The lowest BCUT2D eigenvalue weighted by atomic mass is 10.0. The minimum Gasteiger partial charge on any atom is -0.378 e. The largest absolute Gasteiger partial charge is 0.378 e. The van der Waals surface area contributed by atoms with Crippen LogP contribution in [-0.4, -0.2) is 48.7 Å². The summed E-state index contributed by atoms with van der Waals surface area (Å²) >= 11 is 6.33. The molecule has 2 atom stereocenters. The Bertz CT molecular complexity index is 676. The number of nitrogens with one attached hydrogen (secondary N) is 2. The molecule has 7 heteroatoms. The molecule has 2 saturated heterocycles. The number of carbonyl (C=O) groups excluding carboxylic acids is 2. The summed E-state index contributed by atoms with van der Waals surface area (Å²) in [4.78, 5) is 26.7. The van der Waals surface area contributed by atoms with Gasteiger partial charge in [-0.05, 0) is 63.6 Å². The first-order valence-corrected chi connectivity index (χ1v) is 10.2. The third-order valence-corrected chi connectivity index (χ3v) is 5.61. The third kappa shape index (κ3) is 5.36. The molecule has 0 spiro atoms. The molecule has 0 radical (unpaired) electrons. The Hall–Kier alpha value is -1.79. The molecule has 2 fully saturated rings. The van der Waals surface area contributed by atoms with Crippen LogP contribution < -0.4 is 10.6 Å². The number of anilines is 1. The third-order valence-electron chi connectivity index (χ3n) is 5.30. The van der Waals surface area contributed by atoms with Gasteiger partial charge in [-0.1, -0.05) is 11.6 Å². The van der Waals surface area contributed by atoms with E-state index < -0.39 is 0 Å². The predicted molar refractivity (Wildman–Crippen MR) is 106 cm³/mol. The van der Waals surface area contributed by atoms with E-state index in [2.05, 4.69) is 17.6 Å². The second-order valence-corrected chi connectivity index (χ2v) is 7.75. The molecule has 2 aliphatic heterocycles. The van der Waals surface area contributed by atoms with Gasteiger partial charge in [0.25, 0.3) is 5.91 Å². The maximum Gasteiger partial charge on any atom is 0.319 e. The van der Waals surface area contributed by atoms with E-state index in [4.69, 9.17) is 16.3 Å². The molecule has 3 rings (SSSR count). The molecule has 0 bridgehead atoms. The fraction of sp³-hybridized carbons (Fsp3) is 0.600. The van der Waals surface area contributed by atoms with Crippen LogP contribution in [0.25, 0.3) is 0 Å². The Labute approximate surface area is 165 Å². The minimum absolute atomic E-state index is 0.0419. The second kappa shape index (κ2) is 9.42. The Kier molecular flexibility index (Phi) is 6.96. The highest BCUT2D eigenvalue weighted by atomic mass is 35.5. The van der Waals surface area contributed by atoms with E-state index in [-0.39, 0.29) is 24.1 Å². The number of ether oxygens (including phenoxy) is 1. The SMILES string of the molecule is C[C@@H]1CCCCN1C(=O)c1ccc(NC(=O)NCC[C@H]2CCCO2)cc1Cl. The Morgan fingerprint density at radius 1 is 1.26 bits per heavy atom. The van der Waals surface area contributed by atoms with Crippen LogP contribution in [0.5, 0.6) is 0 Å². The van der Waals surface area contributed by atoms with Gasteiger partial charge < -0.3 is 20.3 Å². The number of hydrogen-bond acceptors (Lipinski definition) is 3. The quantitative estimate of drug-likeness (QED) is 0.792. The molecule has 0 aromatic heterocycles. The van der Waals surface area contributed by atoms with Gasteiger partial charge in [-0.15, -0.1) is 0 Å². The number of piperidine rings is 1. The van der Waals surface area contributed by atoms with Gasteiger partial charge in [0.1, 0.15) is 0 Å². The van der Waals surface area contributed by atoms with E-state index >= 15 is 0 Å². The van der Waals surface area contributed by atoms with Crippen molar-refractivity contribution in [3.63, 3.8) is 0 Å². The number of urea groups is 1. The first-order chi connectivity index (χ1) is 13.0. The van der Waals surface area contributed by atoms with Crippen molar-refractivity contribution in [2.75, 3.05) is 25.0 Å². The summed E-state index contributed by atoms with van der Waals surface area (Å²) in [7, 11) is 0. The van der Waals surface area contributed by atoms with Gasteiger partial charge in [-0.3, -0.25) is 4.79 Å². The van der Waals surface area contributed by atoms with Crippen LogP contribution in [0.3, 0.4) is 0 Å². The molecule has 2 aliphatic rings. The lowest BCUT2D eigenvalue weighted by Crippen LogP contribution is -2.42. The van der Waals surface area contributed by atoms with Gasteiger partial charge in [0.05, 0.1) is 16.7 Å². The van der Waals surface area contributed by atoms with E-state index in [0.717, 1.165) is 51.7 Å². The van der Waals surface area contributed by atoms with Gasteiger partial charge >= 0.3 is 6.03 Å². The Balaban J connectivity index is 1.52. The molecule has 3 amide bonds. The summed E-state index contributed by atoms with van der Waals surface area (Å²) in [5, 5.41) is 5.94. The highest BCUT2D eigenvalue weighted by Crippen LogP contribution is 2.25. The molecule has 0 saturated carbocycles. The topological polar surface area (TPSA) is 70.7 Å². The van der Waals surface area contributed by atoms with Crippen LogP contribution >= 0.6 is 11.6 Å². The maximum atomic E-state index is 12.8. The zero-order valence-electron chi connectivity index (χ0n) is 15.8. The summed E-state index contributed by atoms with van der Waals surface area (Å²) in [5.41, 5.74) is 1.05. The van der Waals surface area contributed by atoms with Crippen molar-refractivity contribution in [2.45, 2.75) is 57.6 Å². The Morgan fingerprint density at radius 2 is 2.11 bits per heavy atom. The average molecular weight is 394 g/mol. The van der Waals surface area contributed by atoms with Crippen molar-refractivity contribution in [3.05, 3.63) is 28.8 Å². The van der Waals surface area contributed by atoms with Crippen molar-refractivity contribution >= 4 is 29.2 Å². The van der Waals surface area contributed by atoms with Crippen LogP contribution in [0.2, 0.25) is 5.02 Å². The molecule has 1 aromatic rings. The van der Waals surface area contributed by atoms with Crippen LogP contribution in [0.1, 0.15) is 55.8 Å². The number of rotatable bonds is 5. The van der Waals surface area contributed by atoms with Crippen molar-refractivity contribution in [2.24, 2.45) is 0 Å². The summed E-state index contributed by atoms with van der Waals surface area (Å²) in [6, 6.07) is 4.98. The van der Waals surface area contributed by atoms with E-state index in [9.17, 15) is 9.59 Å². The van der Waals surface area contributed by atoms with E-state index in [1.807, 2.05) is 4.90 Å². The second-order valence-electron chi connectivity index (χ2n) is 7.34. The van der Waals surface area contributed by atoms with Crippen molar-refractivity contribution in [1.29, 1.82) is 0 Å². The van der Waals surface area contributed by atoms with Crippen LogP contribution in [0.15, 0.2) is 18.2 Å². The highest BCUT2D eigenvalue weighted by molar-refractivity contribution is 6.34. The Morgan fingerprint density at radius 3 is 2.81 bits per heavy atom. The number of benzene rings is 1. The van der Waals surface area contributed by atoms with Crippen LogP contribution in [-0.2, 0) is 4.74 Å². The number of likely N-dealkylation sites (tertiary alicyclic amines) is 1. The first kappa shape index (κ1) is 20.0. The predicted octanol–water partition coefficient (Wildman–Crippen LogP) is 4.05. The van der Waals surface area contributed by atoms with E-state index in [1.54, 1.807) is 18.2 Å². The summed E-state index contributed by atoms with van der Waals surface area (Å²) in [6.07, 6.45) is 6.43. The van der Waals surface area contributed by atoms with Gasteiger partial charge in [-0.25, -0.2) is 4.79 Å². The van der Waals surface area contributed by atoms with Crippen molar-refractivity contribution < 1.29 is 14.3 Å². The zero-order valence-corrected chi connectivity index (χ0v) is 16.6. The standard InChI is InChI=1S/C20H28ClN3O3/c1-14-5-2-3-11-24(14)19(25)17-8-7-15(13-18(17)21)23-20(26)22-10-9-16-6-4-12-27-16/h7-8,13-14,16H,2-6,9-12H2,1H3,(H2,22,23,26)/t14-,16-/m1/s1. The number of amides is 3. The molecule has 1 aromatic carbocycles. The van der Waals surface area contributed by atoms with Crippen LogP contribution in [0, 0.1) is 0 Å². The smallest absolute Gasteiger partial charge is 0.319 e. The molecule has 0 unspecified atom stereocenters. The lowest BCUT2D eigenvalue weighted by molar-refractivity contribution is 0.0636. The van der Waals surface area contributed by atoms with Gasteiger partial charge in [0.2, 0.25) is 0 Å². The summed E-state index contributed by atoms with van der Waals surface area (Å²) in [6.45, 7) is 4.22. The monoisotopic (exact) mass is 393 g/mol. The molecule has 6 nitrogen and oxygen atoms in total. The molecule has 2 N–H and O–H groups in total. The molecule has 0 aliphatic carbocycles. The fourth-order valence-electron chi connectivity index (χ4n) is 3.71. The van der Waals surface area contributed by atoms with Crippen LogP contribution in [0.4, 0.5) is 10.5 Å². The number of carbonyl (C=O) groups is 2. The number of nitrogens with zero attached hydrogens (tertiary/aromatic N) is 1. The normalized spacial score (nSPS) is 22.5. The fourth-order valence-corrected chi connectivity index (χ4v) is 3.98. The van der Waals surface area contributed by atoms with Crippen molar-refractivity contribution in [1.82, 2.24) is 10.2 Å². The van der Waals surface area contributed by atoms with E-state index in [0.29, 0.717) is 22.8 Å². The van der Waals surface area contributed by atoms with Crippen molar-refractivity contribution in [3.8, 4) is 0 Å². The van der Waals surface area contributed by atoms with E-state index in [1.165, 1.54) is 0 Å². The summed E-state index contributed by atoms with van der Waals surface area (Å²) < 4.78 is 5.54. The van der Waals surface area contributed by atoms with Gasteiger partial charge in [0.15, 0.2) is 0 Å². The molecule has 2 heterocycles. The minimum atomic E-state index is -0.284. The first-order valence-electron chi connectivity index (χ1n) is 9.81. The zero-order chi connectivity index (χ0) is 19.2. The maximum absolute atomic E-state index is 12.8. The highest BCUT2D eigenvalue weighted by Gasteiger charge is 2.25. The molecular formula is C20H28ClN3O3. The molecular weight excluding hydrogens is 366 g/mol.